The molecule has 0 aliphatic carbocycles. The molecular weight excluding hydrogens is 354 g/mol. The zero-order valence-electron chi connectivity index (χ0n) is 15.3. The summed E-state index contributed by atoms with van der Waals surface area (Å²) in [4.78, 5) is 32.0. The number of benzene rings is 1. The lowest BCUT2D eigenvalue weighted by atomic mass is 10.1. The maximum atomic E-state index is 13.0. The third-order valence-corrected chi connectivity index (χ3v) is 4.87. The summed E-state index contributed by atoms with van der Waals surface area (Å²) in [6, 6.07) is 14.0. The van der Waals surface area contributed by atoms with Gasteiger partial charge in [0.1, 0.15) is 0 Å². The van der Waals surface area contributed by atoms with Gasteiger partial charge in [0.2, 0.25) is 5.82 Å². The Labute approximate surface area is 162 Å². The van der Waals surface area contributed by atoms with Gasteiger partial charge < -0.3 is 10.2 Å². The first-order valence-corrected chi connectivity index (χ1v) is 9.25. The van der Waals surface area contributed by atoms with Gasteiger partial charge in [-0.05, 0) is 55.7 Å². The van der Waals surface area contributed by atoms with Gasteiger partial charge in [0.15, 0.2) is 5.69 Å². The third kappa shape index (κ3) is 3.32. The molecule has 0 saturated carbocycles. The Morgan fingerprint density at radius 3 is 2.50 bits per heavy atom. The van der Waals surface area contributed by atoms with E-state index in [1.807, 2.05) is 18.2 Å². The fraction of sp³-hybridized carbons (Fsp3) is 0.238. The van der Waals surface area contributed by atoms with Crippen molar-refractivity contribution in [2.75, 3.05) is 18.4 Å². The van der Waals surface area contributed by atoms with Gasteiger partial charge in [-0.15, -0.1) is 0 Å². The van der Waals surface area contributed by atoms with Crippen LogP contribution in [-0.4, -0.2) is 39.2 Å². The number of nitrogens with zero attached hydrogens (tertiary/aromatic N) is 4. The number of carbonyl (C=O) groups is 2. The first kappa shape index (κ1) is 17.7. The van der Waals surface area contributed by atoms with Crippen LogP contribution in [-0.2, 0) is 0 Å². The number of imidazole rings is 1. The number of nitrogens with one attached hydrogen (secondary N) is 1. The highest BCUT2D eigenvalue weighted by molar-refractivity contribution is 6.09. The van der Waals surface area contributed by atoms with E-state index in [0.29, 0.717) is 29.9 Å². The van der Waals surface area contributed by atoms with E-state index in [-0.39, 0.29) is 17.4 Å². The monoisotopic (exact) mass is 373 g/mol. The Morgan fingerprint density at radius 1 is 1.04 bits per heavy atom. The minimum Gasteiger partial charge on any atom is -0.336 e. The Hall–Kier alpha value is -3.66. The number of hydrogen-bond donors (Lipinski definition) is 1. The van der Waals surface area contributed by atoms with E-state index in [1.54, 1.807) is 45.8 Å². The van der Waals surface area contributed by atoms with Crippen LogP contribution in [0.5, 0.6) is 0 Å². The highest BCUT2D eigenvalue weighted by Gasteiger charge is 2.26. The number of carbonyl (C=O) groups excluding carboxylic acids is 2. The second kappa shape index (κ2) is 7.53. The van der Waals surface area contributed by atoms with Crippen LogP contribution in [0.1, 0.15) is 45.9 Å². The SMILES string of the molecule is N#Cc1ccc(NC(=O)c2nc(C(=O)N3CCCCC3)n3ccccc23)cc1. The van der Waals surface area contributed by atoms with Gasteiger partial charge in [-0.25, -0.2) is 4.98 Å². The van der Waals surface area contributed by atoms with E-state index in [4.69, 9.17) is 5.26 Å². The Bertz CT molecular complexity index is 1070. The Balaban J connectivity index is 1.66. The number of piperidine rings is 1. The summed E-state index contributed by atoms with van der Waals surface area (Å²) >= 11 is 0. The van der Waals surface area contributed by atoms with Gasteiger partial charge >= 0.3 is 0 Å². The lowest BCUT2D eigenvalue weighted by Gasteiger charge is -2.25. The summed E-state index contributed by atoms with van der Waals surface area (Å²) in [5.41, 5.74) is 1.85. The highest BCUT2D eigenvalue weighted by Crippen LogP contribution is 2.19. The molecule has 4 rings (SSSR count). The molecular formula is C21H19N5O2. The summed E-state index contributed by atoms with van der Waals surface area (Å²) in [5.74, 6) is -0.299. The first-order chi connectivity index (χ1) is 13.7. The van der Waals surface area contributed by atoms with Gasteiger partial charge in [0, 0.05) is 25.0 Å². The standard InChI is InChI=1S/C21H19N5O2/c22-14-15-7-9-16(10-8-15)23-20(27)18-17-6-2-5-13-26(17)19(24-18)21(28)25-11-3-1-4-12-25/h2,5-10,13H,1,3-4,11-12H2,(H,23,27). The second-order valence-electron chi connectivity index (χ2n) is 6.74. The molecule has 0 bridgehead atoms. The van der Waals surface area contributed by atoms with Crippen molar-refractivity contribution in [3.63, 3.8) is 0 Å². The minimum atomic E-state index is -0.397. The molecule has 0 unspecified atom stereocenters. The molecule has 3 heterocycles. The number of anilines is 1. The number of nitriles is 1. The van der Waals surface area contributed by atoms with Crippen molar-refractivity contribution in [3.8, 4) is 6.07 Å². The normalized spacial score (nSPS) is 13.9. The predicted octanol–water partition coefficient (Wildman–Crippen LogP) is 3.08. The average Bonchev–Trinajstić information content (AvgIpc) is 3.14. The minimum absolute atomic E-state index is 0.154. The number of amides is 2. The van der Waals surface area contributed by atoms with E-state index in [2.05, 4.69) is 10.3 Å². The second-order valence-corrected chi connectivity index (χ2v) is 6.74. The quantitative estimate of drug-likeness (QED) is 0.764. The Morgan fingerprint density at radius 2 is 1.79 bits per heavy atom. The summed E-state index contributed by atoms with van der Waals surface area (Å²) < 4.78 is 1.67. The lowest BCUT2D eigenvalue weighted by molar-refractivity contribution is 0.0711. The molecule has 0 atom stereocenters. The van der Waals surface area contributed by atoms with Crippen LogP contribution in [0.2, 0.25) is 0 Å². The fourth-order valence-corrected chi connectivity index (χ4v) is 3.41. The number of hydrogen-bond acceptors (Lipinski definition) is 4. The van der Waals surface area contributed by atoms with Crippen molar-refractivity contribution < 1.29 is 9.59 Å². The molecule has 3 aromatic rings. The van der Waals surface area contributed by atoms with Crippen molar-refractivity contribution in [1.29, 1.82) is 5.26 Å². The van der Waals surface area contributed by atoms with Crippen molar-refractivity contribution in [3.05, 3.63) is 65.7 Å². The molecule has 1 fully saturated rings. The van der Waals surface area contributed by atoms with Gasteiger partial charge in [-0.2, -0.15) is 5.26 Å². The summed E-state index contributed by atoms with van der Waals surface area (Å²) in [6.45, 7) is 1.43. The van der Waals surface area contributed by atoms with Crippen molar-refractivity contribution in [2.45, 2.75) is 19.3 Å². The van der Waals surface area contributed by atoms with Crippen LogP contribution in [0.4, 0.5) is 5.69 Å². The molecule has 1 aliphatic rings. The van der Waals surface area contributed by atoms with Gasteiger partial charge in [-0.3, -0.25) is 14.0 Å². The largest absolute Gasteiger partial charge is 0.336 e. The zero-order chi connectivity index (χ0) is 19.5. The molecule has 1 aliphatic heterocycles. The lowest BCUT2D eigenvalue weighted by Crippen LogP contribution is -2.36. The molecule has 7 heteroatoms. The van der Waals surface area contributed by atoms with Crippen LogP contribution >= 0.6 is 0 Å². The molecule has 7 nitrogen and oxygen atoms in total. The summed E-state index contributed by atoms with van der Waals surface area (Å²) in [5, 5.41) is 11.7. The Kier molecular flexibility index (Phi) is 4.77. The number of pyridine rings is 1. The molecule has 1 saturated heterocycles. The van der Waals surface area contributed by atoms with E-state index in [1.165, 1.54) is 0 Å². The first-order valence-electron chi connectivity index (χ1n) is 9.25. The van der Waals surface area contributed by atoms with Crippen LogP contribution in [0, 0.1) is 11.3 Å². The van der Waals surface area contributed by atoms with Crippen LogP contribution < -0.4 is 5.32 Å². The number of rotatable bonds is 3. The molecule has 0 spiro atoms. The smallest absolute Gasteiger partial charge is 0.290 e. The van der Waals surface area contributed by atoms with Crippen molar-refractivity contribution >= 4 is 23.0 Å². The van der Waals surface area contributed by atoms with Crippen molar-refractivity contribution in [1.82, 2.24) is 14.3 Å². The van der Waals surface area contributed by atoms with Gasteiger partial charge in [0.05, 0.1) is 17.1 Å². The van der Waals surface area contributed by atoms with E-state index < -0.39 is 5.91 Å². The maximum absolute atomic E-state index is 13.0. The molecule has 2 amide bonds. The third-order valence-electron chi connectivity index (χ3n) is 4.87. The number of fused-ring (bicyclic) bond motifs is 1. The average molecular weight is 373 g/mol. The predicted molar refractivity (Wildman–Crippen MR) is 104 cm³/mol. The molecule has 28 heavy (non-hydrogen) atoms. The summed E-state index contributed by atoms with van der Waals surface area (Å²) in [7, 11) is 0. The van der Waals surface area contributed by atoms with Crippen molar-refractivity contribution in [2.24, 2.45) is 0 Å². The topological polar surface area (TPSA) is 90.5 Å². The molecule has 140 valence electrons. The number of likely N-dealkylation sites (tertiary alicyclic amines) is 1. The van der Waals surface area contributed by atoms with E-state index >= 15 is 0 Å². The fourth-order valence-electron chi connectivity index (χ4n) is 3.41. The molecule has 1 aromatic carbocycles. The molecule has 2 aromatic heterocycles. The maximum Gasteiger partial charge on any atom is 0.290 e. The van der Waals surface area contributed by atoms with E-state index in [9.17, 15) is 9.59 Å². The highest BCUT2D eigenvalue weighted by atomic mass is 16.2. The molecule has 0 radical (unpaired) electrons. The van der Waals surface area contributed by atoms with Crippen LogP contribution in [0.25, 0.3) is 5.52 Å². The van der Waals surface area contributed by atoms with Gasteiger partial charge in [-0.1, -0.05) is 6.07 Å². The molecule has 1 N–H and O–H groups in total. The zero-order valence-corrected chi connectivity index (χ0v) is 15.3. The van der Waals surface area contributed by atoms with Crippen LogP contribution in [0.15, 0.2) is 48.7 Å². The van der Waals surface area contributed by atoms with Gasteiger partial charge in [0.25, 0.3) is 11.8 Å². The van der Waals surface area contributed by atoms with Crippen LogP contribution in [0.3, 0.4) is 0 Å². The number of aromatic nitrogens is 2. The summed E-state index contributed by atoms with van der Waals surface area (Å²) in [6.07, 6.45) is 4.85. The van der Waals surface area contributed by atoms with E-state index in [0.717, 1.165) is 19.3 Å².